The molecule has 1 N–H and O–H groups in total. The molecule has 0 aromatic rings. The second-order valence-electron chi connectivity index (χ2n) is 9.96. The van der Waals surface area contributed by atoms with Gasteiger partial charge in [0.2, 0.25) is 0 Å². The first-order valence-corrected chi connectivity index (χ1v) is 10.9. The molecule has 4 aliphatic rings. The second-order valence-corrected chi connectivity index (χ2v) is 9.96. The minimum Gasteiger partial charge on any atom is -0.390 e. The summed E-state index contributed by atoms with van der Waals surface area (Å²) in [5.41, 5.74) is 1.98. The van der Waals surface area contributed by atoms with Crippen molar-refractivity contribution in [3.63, 3.8) is 0 Å². The summed E-state index contributed by atoms with van der Waals surface area (Å²) in [5, 5.41) is 11.0. The third-order valence-electron chi connectivity index (χ3n) is 9.02. The van der Waals surface area contributed by atoms with Crippen LogP contribution >= 0.6 is 0 Å². The first-order valence-electron chi connectivity index (χ1n) is 10.9. The predicted octanol–water partition coefficient (Wildman–Crippen LogP) is 6.12. The summed E-state index contributed by atoms with van der Waals surface area (Å²) in [6.45, 7) is 7.08. The predicted molar refractivity (Wildman–Crippen MR) is 101 cm³/mol. The summed E-state index contributed by atoms with van der Waals surface area (Å²) < 4.78 is 0. The van der Waals surface area contributed by atoms with Gasteiger partial charge >= 0.3 is 0 Å². The zero-order valence-electron chi connectivity index (χ0n) is 16.2. The largest absolute Gasteiger partial charge is 0.390 e. The van der Waals surface area contributed by atoms with Gasteiger partial charge < -0.3 is 5.11 Å². The van der Waals surface area contributed by atoms with Crippen molar-refractivity contribution in [3.05, 3.63) is 11.6 Å². The lowest BCUT2D eigenvalue weighted by Crippen LogP contribution is -2.50. The molecule has 136 valence electrons. The molecule has 0 aliphatic heterocycles. The van der Waals surface area contributed by atoms with Crippen LogP contribution in [0, 0.1) is 35.0 Å². The van der Waals surface area contributed by atoms with Crippen LogP contribution in [-0.4, -0.2) is 10.7 Å². The Bertz CT molecular complexity index is 508. The molecule has 4 rings (SSSR count). The molecule has 0 saturated heterocycles. The van der Waals surface area contributed by atoms with Crippen molar-refractivity contribution in [3.8, 4) is 0 Å². The normalized spacial score (nSPS) is 52.7. The van der Waals surface area contributed by atoms with E-state index in [0.717, 1.165) is 55.3 Å². The lowest BCUT2D eigenvalue weighted by molar-refractivity contribution is -0.0998. The highest BCUT2D eigenvalue weighted by molar-refractivity contribution is 5.23. The number of hydrogen-bond acceptors (Lipinski definition) is 1. The minimum atomic E-state index is -0.322. The lowest BCUT2D eigenvalue weighted by atomic mass is 9.49. The standard InChI is InChI=1S/C23H38O/c1-4-12-23(24)14-11-18-16(15-23)6-8-20-19(18)10-13-22(3)17(5-2)7-9-21(20)22/h5,16,18-21,24H,4,6-15H2,1-3H3/b17-5-/t16-,18+,19-,20?,21+,22-,23-/m1/s1. The van der Waals surface area contributed by atoms with E-state index in [1.165, 1.54) is 44.9 Å². The van der Waals surface area contributed by atoms with Crippen LogP contribution in [-0.2, 0) is 0 Å². The van der Waals surface area contributed by atoms with Gasteiger partial charge in [-0.25, -0.2) is 0 Å². The average Bonchev–Trinajstić information content (AvgIpc) is 2.90. The molecule has 0 amide bonds. The molecule has 7 atom stereocenters. The monoisotopic (exact) mass is 330 g/mol. The summed E-state index contributed by atoms with van der Waals surface area (Å²) in [5.74, 6) is 4.67. The van der Waals surface area contributed by atoms with Gasteiger partial charge in [-0.05, 0) is 106 Å². The Balaban J connectivity index is 1.52. The molecular weight excluding hydrogens is 292 g/mol. The van der Waals surface area contributed by atoms with Gasteiger partial charge in [0.25, 0.3) is 0 Å². The van der Waals surface area contributed by atoms with Crippen molar-refractivity contribution >= 4 is 0 Å². The van der Waals surface area contributed by atoms with E-state index in [2.05, 4.69) is 26.8 Å². The Labute approximate surface area is 149 Å². The Morgan fingerprint density at radius 1 is 1.04 bits per heavy atom. The SMILES string of the molecule is C/C=C1/CC[C@H]2C3CC[C@@H]4C[C@@](O)(CCC)CC[C@@H]4[C@H]3CC[C@]12C. The summed E-state index contributed by atoms with van der Waals surface area (Å²) in [4.78, 5) is 0. The summed E-state index contributed by atoms with van der Waals surface area (Å²) in [6, 6.07) is 0. The van der Waals surface area contributed by atoms with Crippen LogP contribution in [0.3, 0.4) is 0 Å². The van der Waals surface area contributed by atoms with Crippen molar-refractivity contribution in [2.75, 3.05) is 0 Å². The van der Waals surface area contributed by atoms with Crippen LogP contribution in [0.2, 0.25) is 0 Å². The molecule has 0 bridgehead atoms. The Morgan fingerprint density at radius 2 is 1.83 bits per heavy atom. The lowest BCUT2D eigenvalue weighted by Gasteiger charge is -2.56. The number of allylic oxidation sites excluding steroid dienone is 2. The van der Waals surface area contributed by atoms with E-state index >= 15 is 0 Å². The van der Waals surface area contributed by atoms with Crippen LogP contribution in [0.15, 0.2) is 11.6 Å². The van der Waals surface area contributed by atoms with E-state index in [0.29, 0.717) is 5.41 Å². The molecule has 0 spiro atoms. The zero-order valence-corrected chi connectivity index (χ0v) is 16.2. The van der Waals surface area contributed by atoms with Gasteiger partial charge in [-0.2, -0.15) is 0 Å². The molecule has 4 aliphatic carbocycles. The van der Waals surface area contributed by atoms with E-state index in [1.54, 1.807) is 5.57 Å². The number of aliphatic hydroxyl groups is 1. The number of fused-ring (bicyclic) bond motifs is 5. The first-order chi connectivity index (χ1) is 11.5. The number of hydrogen-bond donors (Lipinski definition) is 1. The highest BCUT2D eigenvalue weighted by Crippen LogP contribution is 2.64. The van der Waals surface area contributed by atoms with Crippen molar-refractivity contribution in [2.24, 2.45) is 35.0 Å². The maximum Gasteiger partial charge on any atom is 0.0650 e. The second kappa shape index (κ2) is 6.15. The molecule has 4 fully saturated rings. The Kier molecular flexibility index (Phi) is 4.39. The van der Waals surface area contributed by atoms with Crippen LogP contribution < -0.4 is 0 Å². The molecule has 1 heteroatoms. The molecular formula is C23H38O. The van der Waals surface area contributed by atoms with Crippen molar-refractivity contribution in [2.45, 2.75) is 97.0 Å². The van der Waals surface area contributed by atoms with Crippen LogP contribution in [0.4, 0.5) is 0 Å². The van der Waals surface area contributed by atoms with Gasteiger partial charge in [0.15, 0.2) is 0 Å². The fraction of sp³-hybridized carbons (Fsp3) is 0.913. The van der Waals surface area contributed by atoms with Gasteiger partial charge in [-0.15, -0.1) is 0 Å². The summed E-state index contributed by atoms with van der Waals surface area (Å²) >= 11 is 0. The molecule has 1 nitrogen and oxygen atoms in total. The number of rotatable bonds is 2. The highest BCUT2D eigenvalue weighted by Gasteiger charge is 2.55. The minimum absolute atomic E-state index is 0.322. The Hall–Kier alpha value is -0.300. The quantitative estimate of drug-likeness (QED) is 0.605. The van der Waals surface area contributed by atoms with Gasteiger partial charge in [0, 0.05) is 0 Å². The zero-order chi connectivity index (χ0) is 16.9. The van der Waals surface area contributed by atoms with E-state index in [-0.39, 0.29) is 5.60 Å². The van der Waals surface area contributed by atoms with E-state index in [9.17, 15) is 5.11 Å². The molecule has 0 heterocycles. The van der Waals surface area contributed by atoms with Crippen molar-refractivity contribution in [1.82, 2.24) is 0 Å². The molecule has 0 aromatic heterocycles. The maximum atomic E-state index is 11.0. The third kappa shape index (κ3) is 2.52. The summed E-state index contributed by atoms with van der Waals surface area (Å²) in [6.07, 6.45) is 16.6. The third-order valence-corrected chi connectivity index (χ3v) is 9.02. The molecule has 1 unspecified atom stereocenters. The van der Waals surface area contributed by atoms with Crippen molar-refractivity contribution in [1.29, 1.82) is 0 Å². The van der Waals surface area contributed by atoms with E-state index < -0.39 is 0 Å². The van der Waals surface area contributed by atoms with E-state index in [1.807, 2.05) is 0 Å². The molecule has 24 heavy (non-hydrogen) atoms. The highest BCUT2D eigenvalue weighted by atomic mass is 16.3. The van der Waals surface area contributed by atoms with Gasteiger partial charge in [0.05, 0.1) is 5.60 Å². The van der Waals surface area contributed by atoms with Gasteiger partial charge in [-0.1, -0.05) is 31.9 Å². The average molecular weight is 331 g/mol. The molecule has 4 saturated carbocycles. The first kappa shape index (κ1) is 17.1. The molecule has 0 aromatic carbocycles. The topological polar surface area (TPSA) is 20.2 Å². The van der Waals surface area contributed by atoms with Crippen LogP contribution in [0.25, 0.3) is 0 Å². The smallest absolute Gasteiger partial charge is 0.0650 e. The fourth-order valence-corrected chi connectivity index (χ4v) is 7.98. The van der Waals surface area contributed by atoms with Gasteiger partial charge in [-0.3, -0.25) is 0 Å². The van der Waals surface area contributed by atoms with E-state index in [4.69, 9.17) is 0 Å². The van der Waals surface area contributed by atoms with Gasteiger partial charge in [0.1, 0.15) is 0 Å². The molecule has 0 radical (unpaired) electrons. The maximum absolute atomic E-state index is 11.0. The van der Waals surface area contributed by atoms with Crippen molar-refractivity contribution < 1.29 is 5.11 Å². The summed E-state index contributed by atoms with van der Waals surface area (Å²) in [7, 11) is 0. The van der Waals surface area contributed by atoms with Crippen LogP contribution in [0.5, 0.6) is 0 Å². The van der Waals surface area contributed by atoms with Crippen LogP contribution in [0.1, 0.15) is 91.4 Å². The fourth-order valence-electron chi connectivity index (χ4n) is 7.98. The Morgan fingerprint density at radius 3 is 2.58 bits per heavy atom.